The van der Waals surface area contributed by atoms with Crippen LogP contribution in [-0.4, -0.2) is 5.78 Å². The third-order valence-corrected chi connectivity index (χ3v) is 3.75. The summed E-state index contributed by atoms with van der Waals surface area (Å²) in [6, 6.07) is 0. The van der Waals surface area contributed by atoms with Gasteiger partial charge in [0.05, 0.1) is 0 Å². The van der Waals surface area contributed by atoms with Crippen LogP contribution in [0.2, 0.25) is 0 Å². The number of hydrogen-bond donors (Lipinski definition) is 0. The summed E-state index contributed by atoms with van der Waals surface area (Å²) in [5.74, 6) is 0.0833. The van der Waals surface area contributed by atoms with Gasteiger partial charge in [-0.3, -0.25) is 4.79 Å². The van der Waals surface area contributed by atoms with Crippen molar-refractivity contribution in [3.63, 3.8) is 0 Å². The van der Waals surface area contributed by atoms with Crippen molar-refractivity contribution in [2.45, 2.75) is 53.9 Å². The highest BCUT2D eigenvalue weighted by Crippen LogP contribution is 2.40. The van der Waals surface area contributed by atoms with Crippen LogP contribution in [0.5, 0.6) is 0 Å². The van der Waals surface area contributed by atoms with Crippen LogP contribution in [-0.2, 0) is 4.79 Å². The first-order chi connectivity index (χ1) is 8.83. The minimum atomic E-state index is 0.0833. The molecule has 1 heteroatoms. The van der Waals surface area contributed by atoms with E-state index in [1.54, 1.807) is 13.0 Å². The molecule has 0 atom stereocenters. The first-order valence-corrected chi connectivity index (χ1v) is 7.07. The Labute approximate surface area is 117 Å². The zero-order valence-corrected chi connectivity index (χ0v) is 12.9. The molecule has 1 aliphatic rings. The summed E-state index contributed by atoms with van der Waals surface area (Å²) in [7, 11) is 0. The fraction of sp³-hybridized carbons (Fsp3) is 0.500. The molecule has 0 aromatic heterocycles. The van der Waals surface area contributed by atoms with Gasteiger partial charge in [-0.15, -0.1) is 0 Å². The molecule has 0 aromatic carbocycles. The van der Waals surface area contributed by atoms with Gasteiger partial charge < -0.3 is 0 Å². The number of rotatable bonds is 4. The van der Waals surface area contributed by atoms with Crippen LogP contribution in [0, 0.1) is 5.41 Å². The molecule has 0 heterocycles. The maximum absolute atomic E-state index is 10.8. The highest BCUT2D eigenvalue weighted by molar-refractivity contribution is 5.87. The van der Waals surface area contributed by atoms with E-state index < -0.39 is 0 Å². The number of ketones is 1. The Balaban J connectivity index is 2.83. The summed E-state index contributed by atoms with van der Waals surface area (Å²) >= 11 is 0. The standard InChI is InChI=1S/C18H26O/c1-14(8-6-10-16(3)19)11-12-17-15(2)9-7-13-18(17,4)5/h6,8,10-12H,7,9,13H2,1-5H3/b10-6+,12-11+,14-8-. The van der Waals surface area contributed by atoms with Gasteiger partial charge in [0.1, 0.15) is 0 Å². The Morgan fingerprint density at radius 3 is 2.47 bits per heavy atom. The second-order valence-corrected chi connectivity index (χ2v) is 6.15. The van der Waals surface area contributed by atoms with Crippen LogP contribution in [0.3, 0.4) is 0 Å². The summed E-state index contributed by atoms with van der Waals surface area (Å²) in [5, 5.41) is 0. The summed E-state index contributed by atoms with van der Waals surface area (Å²) in [6.07, 6.45) is 13.6. The zero-order valence-electron chi connectivity index (χ0n) is 12.9. The van der Waals surface area contributed by atoms with Crippen molar-refractivity contribution >= 4 is 5.78 Å². The number of carbonyl (C=O) groups excluding carboxylic acids is 1. The number of hydrogen-bond acceptors (Lipinski definition) is 1. The summed E-state index contributed by atoms with van der Waals surface area (Å²) in [5.41, 5.74) is 4.44. The topological polar surface area (TPSA) is 17.1 Å². The minimum absolute atomic E-state index is 0.0833. The third kappa shape index (κ3) is 5.02. The molecule has 0 N–H and O–H groups in total. The van der Waals surface area contributed by atoms with Crippen molar-refractivity contribution in [2.75, 3.05) is 0 Å². The van der Waals surface area contributed by atoms with E-state index in [2.05, 4.69) is 39.8 Å². The maximum Gasteiger partial charge on any atom is 0.152 e. The van der Waals surface area contributed by atoms with Crippen LogP contribution >= 0.6 is 0 Å². The molecule has 0 radical (unpaired) electrons. The van der Waals surface area contributed by atoms with Gasteiger partial charge in [0, 0.05) is 0 Å². The molecule has 104 valence electrons. The van der Waals surface area contributed by atoms with Crippen LogP contribution in [0.4, 0.5) is 0 Å². The third-order valence-electron chi connectivity index (χ3n) is 3.75. The normalized spacial score (nSPS) is 20.6. The van der Waals surface area contributed by atoms with Gasteiger partial charge in [0.15, 0.2) is 5.78 Å². The number of allylic oxidation sites excluding steroid dienone is 8. The second-order valence-electron chi connectivity index (χ2n) is 6.15. The average Bonchev–Trinajstić information content (AvgIpc) is 2.26. The summed E-state index contributed by atoms with van der Waals surface area (Å²) < 4.78 is 0. The van der Waals surface area contributed by atoms with Gasteiger partial charge >= 0.3 is 0 Å². The van der Waals surface area contributed by atoms with Gasteiger partial charge in [-0.05, 0) is 57.1 Å². The highest BCUT2D eigenvalue weighted by atomic mass is 16.1. The molecule has 0 spiro atoms. The quantitative estimate of drug-likeness (QED) is 0.503. The molecule has 0 saturated carbocycles. The maximum atomic E-state index is 10.8. The van der Waals surface area contributed by atoms with E-state index in [0.717, 1.165) is 0 Å². The zero-order chi connectivity index (χ0) is 14.5. The van der Waals surface area contributed by atoms with Crippen LogP contribution in [0.1, 0.15) is 53.9 Å². The van der Waals surface area contributed by atoms with E-state index in [1.807, 2.05) is 12.2 Å². The molecule has 0 bridgehead atoms. The monoisotopic (exact) mass is 258 g/mol. The molecule has 0 saturated heterocycles. The van der Waals surface area contributed by atoms with Crippen LogP contribution < -0.4 is 0 Å². The first-order valence-electron chi connectivity index (χ1n) is 7.07. The molecule has 19 heavy (non-hydrogen) atoms. The van der Waals surface area contributed by atoms with E-state index in [-0.39, 0.29) is 11.2 Å². The lowest BCUT2D eigenvalue weighted by Crippen LogP contribution is -2.19. The molecule has 1 rings (SSSR count). The fourth-order valence-corrected chi connectivity index (χ4v) is 2.62. The van der Waals surface area contributed by atoms with Crippen molar-refractivity contribution in [1.82, 2.24) is 0 Å². The van der Waals surface area contributed by atoms with E-state index >= 15 is 0 Å². The van der Waals surface area contributed by atoms with E-state index in [0.29, 0.717) is 0 Å². The first kappa shape index (κ1) is 15.7. The molecule has 1 nitrogen and oxygen atoms in total. The molecule has 0 unspecified atom stereocenters. The Hall–Kier alpha value is -1.37. The molecule has 1 aliphatic carbocycles. The van der Waals surface area contributed by atoms with Crippen molar-refractivity contribution in [1.29, 1.82) is 0 Å². The van der Waals surface area contributed by atoms with Crippen molar-refractivity contribution in [2.24, 2.45) is 5.41 Å². The smallest absolute Gasteiger partial charge is 0.152 e. The highest BCUT2D eigenvalue weighted by Gasteiger charge is 2.26. The van der Waals surface area contributed by atoms with Crippen molar-refractivity contribution < 1.29 is 4.79 Å². The molecule has 0 amide bonds. The van der Waals surface area contributed by atoms with Gasteiger partial charge in [0.25, 0.3) is 0 Å². The Morgan fingerprint density at radius 2 is 1.89 bits per heavy atom. The lowest BCUT2D eigenvalue weighted by atomic mass is 9.72. The molecular formula is C18H26O. The van der Waals surface area contributed by atoms with Gasteiger partial charge in [-0.2, -0.15) is 0 Å². The van der Waals surface area contributed by atoms with Crippen LogP contribution in [0.25, 0.3) is 0 Å². The predicted octanol–water partition coefficient (Wildman–Crippen LogP) is 5.16. The van der Waals surface area contributed by atoms with E-state index in [4.69, 9.17) is 0 Å². The molecule has 0 fully saturated rings. The van der Waals surface area contributed by atoms with E-state index in [1.165, 1.54) is 36.0 Å². The lowest BCUT2D eigenvalue weighted by molar-refractivity contribution is -0.112. The Bertz CT molecular complexity index is 456. The lowest BCUT2D eigenvalue weighted by Gasteiger charge is -2.32. The molecular weight excluding hydrogens is 232 g/mol. The number of carbonyl (C=O) groups is 1. The summed E-state index contributed by atoms with van der Waals surface area (Å²) in [6.45, 7) is 10.5. The average molecular weight is 258 g/mol. The van der Waals surface area contributed by atoms with Crippen molar-refractivity contribution in [3.8, 4) is 0 Å². The summed E-state index contributed by atoms with van der Waals surface area (Å²) in [4.78, 5) is 10.8. The SMILES string of the molecule is CC(=O)/C=C/C=C(C)\C=C\C1=C(C)CCCC1(C)C. The van der Waals surface area contributed by atoms with Gasteiger partial charge in [-0.1, -0.05) is 49.3 Å². The second kappa shape index (κ2) is 6.70. The van der Waals surface area contributed by atoms with Gasteiger partial charge in [0.2, 0.25) is 0 Å². The molecule has 0 aromatic rings. The largest absolute Gasteiger partial charge is 0.295 e. The van der Waals surface area contributed by atoms with E-state index in [9.17, 15) is 4.79 Å². The Kier molecular flexibility index (Phi) is 5.53. The minimum Gasteiger partial charge on any atom is -0.295 e. The molecule has 0 aliphatic heterocycles. The van der Waals surface area contributed by atoms with Gasteiger partial charge in [-0.25, -0.2) is 0 Å². The Morgan fingerprint density at radius 1 is 1.21 bits per heavy atom. The van der Waals surface area contributed by atoms with Crippen LogP contribution in [0.15, 0.2) is 47.1 Å². The fourth-order valence-electron chi connectivity index (χ4n) is 2.62. The van der Waals surface area contributed by atoms with Crippen molar-refractivity contribution in [3.05, 3.63) is 47.1 Å². The predicted molar refractivity (Wildman–Crippen MR) is 83.1 cm³/mol.